The van der Waals surface area contributed by atoms with E-state index in [1.54, 1.807) is 6.92 Å². The van der Waals surface area contributed by atoms with Crippen molar-refractivity contribution in [1.82, 2.24) is 5.32 Å². The predicted molar refractivity (Wildman–Crippen MR) is 107 cm³/mol. The second kappa shape index (κ2) is 9.02. The molecule has 3 rings (SSSR count). The molecule has 1 aliphatic rings. The summed E-state index contributed by atoms with van der Waals surface area (Å²) in [5, 5.41) is 1.53. The van der Waals surface area contributed by atoms with E-state index in [2.05, 4.69) is 4.72 Å². The molecule has 1 heterocycles. The van der Waals surface area contributed by atoms with Gasteiger partial charge in [-0.3, -0.25) is 9.52 Å². The number of hydrogen-bond acceptors (Lipinski definition) is 5. The number of carbonyl (C=O) groups excluding carboxylic acids is 1. The van der Waals surface area contributed by atoms with Crippen molar-refractivity contribution >= 4 is 33.2 Å². The third-order valence-corrected chi connectivity index (χ3v) is 6.11. The zero-order chi connectivity index (χ0) is 23.7. The normalized spacial score (nSPS) is 16.0. The monoisotopic (exact) mass is 496 g/mol. The fraction of sp³-hybridized carbons (Fsp3) is 0.316. The van der Waals surface area contributed by atoms with Gasteiger partial charge in [-0.1, -0.05) is 11.6 Å². The van der Waals surface area contributed by atoms with Crippen molar-refractivity contribution in [2.45, 2.75) is 30.5 Å². The van der Waals surface area contributed by atoms with Crippen LogP contribution in [-0.2, 0) is 21.2 Å². The molecule has 0 saturated carbocycles. The fourth-order valence-corrected chi connectivity index (χ4v) is 4.46. The Labute approximate surface area is 185 Å². The topological polar surface area (TPSA) is 93.7 Å². The van der Waals surface area contributed by atoms with E-state index in [0.717, 1.165) is 12.1 Å². The molecular weight excluding hydrogens is 480 g/mol. The molecule has 7 nitrogen and oxygen atoms in total. The van der Waals surface area contributed by atoms with Crippen LogP contribution in [-0.4, -0.2) is 39.8 Å². The van der Waals surface area contributed by atoms with Crippen LogP contribution < -0.4 is 19.5 Å². The van der Waals surface area contributed by atoms with Crippen LogP contribution in [0.15, 0.2) is 35.2 Å². The summed E-state index contributed by atoms with van der Waals surface area (Å²) in [5.74, 6) is -2.78. The fourth-order valence-electron chi connectivity index (χ4n) is 3.06. The van der Waals surface area contributed by atoms with E-state index in [1.165, 1.54) is 18.2 Å². The van der Waals surface area contributed by atoms with Crippen molar-refractivity contribution in [3.05, 3.63) is 46.7 Å². The van der Waals surface area contributed by atoms with Gasteiger partial charge in [0.25, 0.3) is 10.0 Å². The molecule has 0 unspecified atom stereocenters. The lowest BCUT2D eigenvalue weighted by molar-refractivity contribution is -0.174. The van der Waals surface area contributed by atoms with Gasteiger partial charge in [-0.25, -0.2) is 12.8 Å². The summed E-state index contributed by atoms with van der Waals surface area (Å²) in [6.07, 6.45) is -5.23. The maximum atomic E-state index is 13.4. The summed E-state index contributed by atoms with van der Waals surface area (Å²) in [7, 11) is -4.26. The van der Waals surface area contributed by atoms with Crippen LogP contribution in [0.5, 0.6) is 11.5 Å². The molecule has 0 radical (unpaired) electrons. The molecule has 1 amide bonds. The first-order valence-electron chi connectivity index (χ1n) is 9.19. The van der Waals surface area contributed by atoms with E-state index in [4.69, 9.17) is 21.1 Å². The van der Waals surface area contributed by atoms with Crippen LogP contribution in [0, 0.1) is 5.82 Å². The van der Waals surface area contributed by atoms with Gasteiger partial charge < -0.3 is 14.8 Å². The number of amides is 1. The molecule has 0 fully saturated rings. The second-order valence-corrected chi connectivity index (χ2v) is 8.78. The van der Waals surface area contributed by atoms with Crippen molar-refractivity contribution in [2.75, 3.05) is 17.9 Å². The molecule has 2 aromatic rings. The highest BCUT2D eigenvalue weighted by Gasteiger charge is 2.41. The van der Waals surface area contributed by atoms with Gasteiger partial charge in [0.1, 0.15) is 28.8 Å². The first-order valence-corrected chi connectivity index (χ1v) is 11.1. The average Bonchev–Trinajstić information content (AvgIpc) is 2.70. The van der Waals surface area contributed by atoms with Crippen LogP contribution in [0.25, 0.3) is 0 Å². The number of rotatable bonds is 6. The number of anilines is 1. The minimum atomic E-state index is -5.07. The van der Waals surface area contributed by atoms with Gasteiger partial charge in [-0.2, -0.15) is 13.2 Å². The number of fused-ring (bicyclic) bond motifs is 1. The van der Waals surface area contributed by atoms with Crippen LogP contribution in [0.4, 0.5) is 23.2 Å². The molecule has 174 valence electrons. The van der Waals surface area contributed by atoms with Crippen LogP contribution in [0.1, 0.15) is 12.5 Å². The first-order chi connectivity index (χ1) is 14.9. The molecule has 0 saturated heterocycles. The number of sulfonamides is 1. The van der Waals surface area contributed by atoms with E-state index in [-0.39, 0.29) is 45.7 Å². The summed E-state index contributed by atoms with van der Waals surface area (Å²) in [6, 6.07) is 4.73. The molecule has 1 aliphatic heterocycles. The summed E-state index contributed by atoms with van der Waals surface area (Å²) in [6.45, 7) is 1.48. The Morgan fingerprint density at radius 2 is 2.00 bits per heavy atom. The standard InChI is InChI=1S/C19H17ClF4N2O5S/c1-2-30-15-5-6-16(32(28,29)26-10-3-4-14(21)13(20)8-10)17-12(15)7-11(9-31-17)25-18(27)19(22,23)24/h3-6,8,11,26H,2,7,9H2,1H3,(H,25,27)/t11-/m1/s1. The quantitative estimate of drug-likeness (QED) is 0.595. The Balaban J connectivity index is 1.95. The smallest absolute Gasteiger partial charge is 0.471 e. The van der Waals surface area contributed by atoms with Crippen molar-refractivity contribution < 1.29 is 40.2 Å². The van der Waals surface area contributed by atoms with E-state index in [1.807, 2.05) is 5.32 Å². The largest absolute Gasteiger partial charge is 0.493 e. The molecule has 13 heteroatoms. The van der Waals surface area contributed by atoms with Crippen LogP contribution in [0.3, 0.4) is 0 Å². The highest BCUT2D eigenvalue weighted by molar-refractivity contribution is 7.92. The molecule has 0 bridgehead atoms. The van der Waals surface area contributed by atoms with Crippen molar-refractivity contribution in [3.63, 3.8) is 0 Å². The molecule has 2 N–H and O–H groups in total. The second-order valence-electron chi connectivity index (χ2n) is 6.72. The van der Waals surface area contributed by atoms with E-state index in [9.17, 15) is 30.8 Å². The highest BCUT2D eigenvalue weighted by Crippen LogP contribution is 2.39. The zero-order valence-corrected chi connectivity index (χ0v) is 18.0. The van der Waals surface area contributed by atoms with Gasteiger partial charge in [-0.05, 0) is 37.3 Å². The van der Waals surface area contributed by atoms with Gasteiger partial charge >= 0.3 is 12.1 Å². The van der Waals surface area contributed by atoms with Gasteiger partial charge in [-0.15, -0.1) is 0 Å². The third kappa shape index (κ3) is 5.18. The van der Waals surface area contributed by atoms with E-state index < -0.39 is 40.6 Å². The van der Waals surface area contributed by atoms with E-state index >= 15 is 0 Å². The van der Waals surface area contributed by atoms with Crippen molar-refractivity contribution in [2.24, 2.45) is 0 Å². The van der Waals surface area contributed by atoms with Crippen LogP contribution in [0.2, 0.25) is 5.02 Å². The lowest BCUT2D eigenvalue weighted by Crippen LogP contribution is -2.48. The van der Waals surface area contributed by atoms with Crippen molar-refractivity contribution in [3.8, 4) is 11.5 Å². The number of ether oxygens (including phenoxy) is 2. The minimum absolute atomic E-state index is 0.00911. The Bertz CT molecular complexity index is 1140. The number of halogens is 5. The van der Waals surface area contributed by atoms with Gasteiger partial charge in [0.2, 0.25) is 0 Å². The van der Waals surface area contributed by atoms with Crippen LogP contribution >= 0.6 is 11.6 Å². The SMILES string of the molecule is CCOc1ccc(S(=O)(=O)Nc2ccc(F)c(Cl)c2)c2c1C[C@@H](NC(=O)C(F)(F)F)CO2. The lowest BCUT2D eigenvalue weighted by atomic mass is 10.0. The predicted octanol–water partition coefficient (Wildman–Crippen LogP) is 3.66. The maximum Gasteiger partial charge on any atom is 0.471 e. The minimum Gasteiger partial charge on any atom is -0.493 e. The van der Waals surface area contributed by atoms with Crippen molar-refractivity contribution in [1.29, 1.82) is 0 Å². The molecule has 0 aliphatic carbocycles. The highest BCUT2D eigenvalue weighted by atomic mass is 35.5. The molecule has 0 spiro atoms. The number of alkyl halides is 3. The first kappa shape index (κ1) is 23.9. The Morgan fingerprint density at radius 3 is 2.62 bits per heavy atom. The molecule has 0 aromatic heterocycles. The number of benzene rings is 2. The summed E-state index contributed by atoms with van der Waals surface area (Å²) >= 11 is 5.68. The Hall–Kier alpha value is -2.73. The lowest BCUT2D eigenvalue weighted by Gasteiger charge is -2.29. The van der Waals surface area contributed by atoms with Gasteiger partial charge in [0.15, 0.2) is 0 Å². The Kier molecular flexibility index (Phi) is 6.75. The molecular formula is C19H17ClF4N2O5S. The summed E-state index contributed by atoms with van der Waals surface area (Å²) in [5.41, 5.74) is 0.177. The summed E-state index contributed by atoms with van der Waals surface area (Å²) < 4.78 is 90.2. The number of hydrogen-bond donors (Lipinski definition) is 2. The number of nitrogens with one attached hydrogen (secondary N) is 2. The van der Waals surface area contributed by atoms with Gasteiger partial charge in [0.05, 0.1) is 23.4 Å². The molecule has 1 atom stereocenters. The molecule has 2 aromatic carbocycles. The average molecular weight is 497 g/mol. The Morgan fingerprint density at radius 1 is 1.28 bits per heavy atom. The molecule has 32 heavy (non-hydrogen) atoms. The maximum absolute atomic E-state index is 13.4. The third-order valence-electron chi connectivity index (χ3n) is 4.41. The zero-order valence-electron chi connectivity index (χ0n) is 16.4. The number of carbonyl (C=O) groups is 1. The summed E-state index contributed by atoms with van der Waals surface area (Å²) in [4.78, 5) is 11.0. The van der Waals surface area contributed by atoms with E-state index in [0.29, 0.717) is 0 Å². The van der Waals surface area contributed by atoms with Gasteiger partial charge in [0, 0.05) is 12.0 Å².